The number of rotatable bonds is 5. The summed E-state index contributed by atoms with van der Waals surface area (Å²) in [4.78, 5) is 17.2. The Kier molecular flexibility index (Phi) is 5.30. The zero-order chi connectivity index (χ0) is 22.3. The minimum absolute atomic E-state index is 0.0645. The molecule has 160 valence electrons. The first kappa shape index (κ1) is 21.0. The van der Waals surface area contributed by atoms with Crippen molar-refractivity contribution in [1.29, 1.82) is 0 Å². The number of halogens is 3. The fraction of sp³-hybridized carbons (Fsp3) is 0.227. The third-order valence-electron chi connectivity index (χ3n) is 4.84. The Morgan fingerprint density at radius 1 is 1.16 bits per heavy atom. The number of aromatic nitrogens is 3. The first-order valence-corrected chi connectivity index (χ1v) is 10.2. The molecule has 0 unspecified atom stereocenters. The smallest absolute Gasteiger partial charge is 0.416 e. The molecule has 2 aromatic carbocycles. The number of hydrogen-bond donors (Lipinski definition) is 0. The predicted octanol–water partition coefficient (Wildman–Crippen LogP) is 6.11. The maximum absolute atomic E-state index is 13.1. The lowest BCUT2D eigenvalue weighted by atomic mass is 10.1. The van der Waals surface area contributed by atoms with Gasteiger partial charge in [0.15, 0.2) is 6.29 Å². The Labute approximate surface area is 180 Å². The fourth-order valence-corrected chi connectivity index (χ4v) is 4.39. The highest BCUT2D eigenvalue weighted by atomic mass is 32.1. The van der Waals surface area contributed by atoms with Crippen molar-refractivity contribution in [2.75, 3.05) is 7.11 Å². The second kappa shape index (κ2) is 7.81. The van der Waals surface area contributed by atoms with E-state index in [4.69, 9.17) is 9.72 Å². The number of fused-ring (bicyclic) bond motifs is 1. The van der Waals surface area contributed by atoms with Crippen LogP contribution < -0.4 is 4.74 Å². The van der Waals surface area contributed by atoms with E-state index < -0.39 is 11.7 Å². The second-order valence-corrected chi connectivity index (χ2v) is 8.25. The Morgan fingerprint density at radius 3 is 2.58 bits per heavy atom. The molecular weight excluding hydrogens is 427 g/mol. The summed E-state index contributed by atoms with van der Waals surface area (Å²) < 4.78 is 46.2. The number of aldehydes is 1. The highest BCUT2D eigenvalue weighted by Gasteiger charge is 2.31. The molecule has 0 bridgehead atoms. The van der Waals surface area contributed by atoms with Gasteiger partial charge in [0.05, 0.1) is 23.9 Å². The Morgan fingerprint density at radius 2 is 1.94 bits per heavy atom. The van der Waals surface area contributed by atoms with E-state index in [1.165, 1.54) is 22.1 Å². The van der Waals surface area contributed by atoms with Gasteiger partial charge in [-0.3, -0.25) is 4.79 Å². The van der Waals surface area contributed by atoms with Crippen LogP contribution in [0.25, 0.3) is 27.3 Å². The molecule has 0 fully saturated rings. The maximum atomic E-state index is 13.1. The molecule has 0 aliphatic heterocycles. The van der Waals surface area contributed by atoms with Crippen LogP contribution in [0, 0.1) is 0 Å². The molecule has 0 saturated carbocycles. The Balaban J connectivity index is 1.91. The normalized spacial score (nSPS) is 12.0. The monoisotopic (exact) mass is 445 g/mol. The molecule has 0 atom stereocenters. The number of hydrogen-bond acceptors (Lipinski definition) is 5. The van der Waals surface area contributed by atoms with Crippen LogP contribution in [0.3, 0.4) is 0 Å². The molecule has 0 spiro atoms. The molecule has 4 rings (SSSR count). The van der Waals surface area contributed by atoms with Crippen LogP contribution in [0.2, 0.25) is 0 Å². The van der Waals surface area contributed by atoms with Crippen LogP contribution in [0.5, 0.6) is 5.75 Å². The lowest BCUT2D eigenvalue weighted by Gasteiger charge is -2.06. The van der Waals surface area contributed by atoms with E-state index >= 15 is 0 Å². The van der Waals surface area contributed by atoms with Crippen LogP contribution in [-0.4, -0.2) is 28.2 Å². The standard InChI is InChI=1S/C22H18F3N3O2S/c1-12(2)20-19(13-5-4-6-15(9-13)30-3)26-21(31-20)28-18-8-7-14(22(23,24)25)10-16(18)17(11-29)27-28/h4-12H,1-3H3. The van der Waals surface area contributed by atoms with Crippen LogP contribution >= 0.6 is 11.3 Å². The molecule has 2 aromatic heterocycles. The van der Waals surface area contributed by atoms with Gasteiger partial charge in [0.25, 0.3) is 0 Å². The molecule has 0 amide bonds. The van der Waals surface area contributed by atoms with Gasteiger partial charge in [0.1, 0.15) is 11.4 Å². The summed E-state index contributed by atoms with van der Waals surface area (Å²) in [6.07, 6.45) is -4.05. The first-order chi connectivity index (χ1) is 14.7. The molecular formula is C22H18F3N3O2S. The number of nitrogens with zero attached hydrogens (tertiary/aromatic N) is 3. The van der Waals surface area contributed by atoms with Crippen molar-refractivity contribution in [3.8, 4) is 22.1 Å². The zero-order valence-electron chi connectivity index (χ0n) is 16.9. The van der Waals surface area contributed by atoms with Crippen molar-refractivity contribution in [1.82, 2.24) is 14.8 Å². The molecule has 0 saturated heterocycles. The van der Waals surface area contributed by atoms with Crippen LogP contribution in [0.4, 0.5) is 13.2 Å². The lowest BCUT2D eigenvalue weighted by molar-refractivity contribution is -0.137. The van der Waals surface area contributed by atoms with E-state index in [1.54, 1.807) is 7.11 Å². The number of benzene rings is 2. The number of methoxy groups -OCH3 is 1. The number of ether oxygens (including phenoxy) is 1. The Hall–Kier alpha value is -3.20. The van der Waals surface area contributed by atoms with Crippen molar-refractivity contribution in [2.24, 2.45) is 0 Å². The number of thiazole rings is 1. The molecule has 31 heavy (non-hydrogen) atoms. The topological polar surface area (TPSA) is 57.0 Å². The largest absolute Gasteiger partial charge is 0.497 e. The predicted molar refractivity (Wildman–Crippen MR) is 113 cm³/mol. The first-order valence-electron chi connectivity index (χ1n) is 9.43. The lowest BCUT2D eigenvalue weighted by Crippen LogP contribution is -2.04. The van der Waals surface area contributed by atoms with Crippen molar-refractivity contribution in [3.63, 3.8) is 0 Å². The van der Waals surface area contributed by atoms with E-state index in [1.807, 2.05) is 38.1 Å². The molecule has 0 N–H and O–H groups in total. The van der Waals surface area contributed by atoms with E-state index in [2.05, 4.69) is 5.10 Å². The van der Waals surface area contributed by atoms with Gasteiger partial charge in [-0.05, 0) is 36.2 Å². The van der Waals surface area contributed by atoms with Crippen LogP contribution in [0.15, 0.2) is 42.5 Å². The van der Waals surface area contributed by atoms with Gasteiger partial charge in [0.2, 0.25) is 5.13 Å². The summed E-state index contributed by atoms with van der Waals surface area (Å²) >= 11 is 1.39. The van der Waals surface area contributed by atoms with Gasteiger partial charge in [-0.1, -0.05) is 37.3 Å². The molecule has 4 aromatic rings. The van der Waals surface area contributed by atoms with Crippen LogP contribution in [0.1, 0.15) is 40.7 Å². The average molecular weight is 445 g/mol. The summed E-state index contributed by atoms with van der Waals surface area (Å²) in [5, 5.41) is 4.85. The third kappa shape index (κ3) is 3.81. The van der Waals surface area contributed by atoms with Crippen molar-refractivity contribution >= 4 is 28.5 Å². The number of alkyl halides is 3. The molecule has 5 nitrogen and oxygen atoms in total. The minimum atomic E-state index is -4.51. The van der Waals surface area contributed by atoms with E-state index in [0.29, 0.717) is 22.7 Å². The van der Waals surface area contributed by atoms with E-state index in [0.717, 1.165) is 28.3 Å². The Bertz CT molecular complexity index is 1270. The summed E-state index contributed by atoms with van der Waals surface area (Å²) in [5.41, 5.74) is 1.09. The molecule has 0 aliphatic rings. The van der Waals surface area contributed by atoms with Gasteiger partial charge in [-0.15, -0.1) is 0 Å². The van der Waals surface area contributed by atoms with Gasteiger partial charge < -0.3 is 4.74 Å². The highest BCUT2D eigenvalue weighted by molar-refractivity contribution is 7.14. The molecule has 2 heterocycles. The van der Waals surface area contributed by atoms with Crippen molar-refractivity contribution in [3.05, 3.63) is 58.6 Å². The second-order valence-electron chi connectivity index (χ2n) is 7.24. The van der Waals surface area contributed by atoms with Crippen LogP contribution in [-0.2, 0) is 6.18 Å². The third-order valence-corrected chi connectivity index (χ3v) is 6.17. The summed E-state index contributed by atoms with van der Waals surface area (Å²) in [7, 11) is 1.58. The SMILES string of the molecule is COc1cccc(-c2nc(-n3nc(C=O)c4cc(C(F)(F)F)ccc43)sc2C(C)C)c1. The summed E-state index contributed by atoms with van der Waals surface area (Å²) in [6.45, 7) is 4.07. The van der Waals surface area contributed by atoms with Crippen molar-refractivity contribution in [2.45, 2.75) is 25.9 Å². The van der Waals surface area contributed by atoms with E-state index in [9.17, 15) is 18.0 Å². The fourth-order valence-electron chi connectivity index (χ4n) is 3.33. The number of carbonyl (C=O) groups excluding carboxylic acids is 1. The van der Waals surface area contributed by atoms with Gasteiger partial charge in [0, 0.05) is 15.8 Å². The average Bonchev–Trinajstić information content (AvgIpc) is 3.34. The van der Waals surface area contributed by atoms with Crippen molar-refractivity contribution < 1.29 is 22.7 Å². The zero-order valence-corrected chi connectivity index (χ0v) is 17.7. The maximum Gasteiger partial charge on any atom is 0.416 e. The van der Waals surface area contributed by atoms with E-state index in [-0.39, 0.29) is 17.0 Å². The molecule has 9 heteroatoms. The van der Waals surface area contributed by atoms with Gasteiger partial charge in [-0.2, -0.15) is 18.3 Å². The summed E-state index contributed by atoms with van der Waals surface area (Å²) in [6, 6.07) is 10.7. The minimum Gasteiger partial charge on any atom is -0.497 e. The molecule has 0 aliphatic carbocycles. The quantitative estimate of drug-likeness (QED) is 0.348. The van der Waals surface area contributed by atoms with Gasteiger partial charge in [-0.25, -0.2) is 9.67 Å². The summed E-state index contributed by atoms with van der Waals surface area (Å²) in [5.74, 6) is 0.839. The molecule has 0 radical (unpaired) electrons. The van der Waals surface area contributed by atoms with Gasteiger partial charge >= 0.3 is 6.18 Å². The highest BCUT2D eigenvalue weighted by Crippen LogP contribution is 2.38. The number of carbonyl (C=O) groups is 1.